The van der Waals surface area contributed by atoms with Crippen LogP contribution in [0.15, 0.2) is 72.9 Å². The first-order valence-electron chi connectivity index (χ1n) is 8.33. The number of nitrogens with zero attached hydrogens (tertiary/aromatic N) is 1. The average molecular weight is 344 g/mol. The van der Waals surface area contributed by atoms with Crippen molar-refractivity contribution in [2.45, 2.75) is 6.61 Å². The van der Waals surface area contributed by atoms with E-state index in [2.05, 4.69) is 10.3 Å². The van der Waals surface area contributed by atoms with Crippen molar-refractivity contribution in [2.75, 3.05) is 12.4 Å². The molecule has 0 bridgehead atoms. The number of aromatic nitrogens is 1. The van der Waals surface area contributed by atoms with Gasteiger partial charge in [0, 0.05) is 24.6 Å². The van der Waals surface area contributed by atoms with Crippen LogP contribution in [0.3, 0.4) is 0 Å². The summed E-state index contributed by atoms with van der Waals surface area (Å²) in [4.78, 5) is 16.7. The second kappa shape index (κ2) is 8.74. The number of benzene rings is 2. The highest BCUT2D eigenvalue weighted by atomic mass is 16.5. The Labute approximate surface area is 153 Å². The molecule has 0 aliphatic carbocycles. The van der Waals surface area contributed by atoms with Crippen molar-refractivity contribution in [2.24, 2.45) is 0 Å². The van der Waals surface area contributed by atoms with E-state index in [0.29, 0.717) is 12.2 Å². The molecule has 2 aromatic carbocycles. The highest BCUT2D eigenvalue weighted by molar-refractivity contribution is 6.04. The molecule has 1 N–H and O–H groups in total. The summed E-state index contributed by atoms with van der Waals surface area (Å²) in [6.45, 7) is 0.534. The zero-order chi connectivity index (χ0) is 18.2. The second-order valence-corrected chi connectivity index (χ2v) is 5.80. The molecule has 1 amide bonds. The third-order valence-corrected chi connectivity index (χ3v) is 3.81. The zero-order valence-corrected chi connectivity index (χ0v) is 14.6. The van der Waals surface area contributed by atoms with Gasteiger partial charge in [0.2, 0.25) is 0 Å². The number of carbonyl (C=O) groups is 1. The molecular weight excluding hydrogens is 324 g/mol. The number of hydrogen-bond acceptors (Lipinski definition) is 3. The number of pyridine rings is 1. The third kappa shape index (κ3) is 4.88. The van der Waals surface area contributed by atoms with Crippen LogP contribution in [0.1, 0.15) is 27.2 Å². The van der Waals surface area contributed by atoms with Gasteiger partial charge in [-0.3, -0.25) is 9.78 Å². The largest absolute Gasteiger partial charge is 0.380 e. The van der Waals surface area contributed by atoms with E-state index in [9.17, 15) is 4.79 Å². The van der Waals surface area contributed by atoms with Crippen LogP contribution in [0.4, 0.5) is 5.69 Å². The first-order chi connectivity index (χ1) is 12.7. The van der Waals surface area contributed by atoms with Gasteiger partial charge in [-0.05, 0) is 53.6 Å². The summed E-state index contributed by atoms with van der Waals surface area (Å²) in [5.41, 5.74) is 4.27. The molecule has 0 radical (unpaired) electrons. The maximum absolute atomic E-state index is 12.4. The monoisotopic (exact) mass is 344 g/mol. The molecule has 0 saturated heterocycles. The van der Waals surface area contributed by atoms with Crippen molar-refractivity contribution in [1.29, 1.82) is 0 Å². The summed E-state index contributed by atoms with van der Waals surface area (Å²) >= 11 is 0. The van der Waals surface area contributed by atoms with E-state index in [4.69, 9.17) is 4.74 Å². The van der Waals surface area contributed by atoms with Crippen LogP contribution in [0.25, 0.3) is 12.2 Å². The van der Waals surface area contributed by atoms with Gasteiger partial charge in [0.25, 0.3) is 5.91 Å². The van der Waals surface area contributed by atoms with E-state index in [1.54, 1.807) is 25.4 Å². The molecule has 3 rings (SSSR count). The number of rotatable bonds is 6. The van der Waals surface area contributed by atoms with Crippen molar-refractivity contribution in [3.63, 3.8) is 0 Å². The van der Waals surface area contributed by atoms with Gasteiger partial charge in [-0.2, -0.15) is 0 Å². The summed E-state index contributed by atoms with van der Waals surface area (Å²) in [7, 11) is 1.65. The number of methoxy groups -OCH3 is 1. The Morgan fingerprint density at radius 2 is 1.88 bits per heavy atom. The molecule has 0 unspecified atom stereocenters. The minimum Gasteiger partial charge on any atom is -0.380 e. The van der Waals surface area contributed by atoms with E-state index in [1.807, 2.05) is 66.7 Å². The molecule has 130 valence electrons. The Bertz CT molecular complexity index is 888. The number of carbonyl (C=O) groups excluding carboxylic acids is 1. The van der Waals surface area contributed by atoms with Crippen LogP contribution in [0, 0.1) is 0 Å². The van der Waals surface area contributed by atoms with E-state index >= 15 is 0 Å². The van der Waals surface area contributed by atoms with Gasteiger partial charge in [0.15, 0.2) is 0 Å². The van der Waals surface area contributed by atoms with E-state index in [0.717, 1.165) is 22.5 Å². The average Bonchev–Trinajstić information content (AvgIpc) is 2.68. The van der Waals surface area contributed by atoms with Gasteiger partial charge in [-0.15, -0.1) is 0 Å². The zero-order valence-electron chi connectivity index (χ0n) is 14.6. The molecule has 3 aromatic rings. The predicted molar refractivity (Wildman–Crippen MR) is 105 cm³/mol. The van der Waals surface area contributed by atoms with Crippen LogP contribution >= 0.6 is 0 Å². The number of anilines is 1. The fourth-order valence-corrected chi connectivity index (χ4v) is 2.50. The molecule has 1 heterocycles. The Balaban J connectivity index is 1.68. The van der Waals surface area contributed by atoms with Crippen molar-refractivity contribution in [3.8, 4) is 0 Å². The standard InChI is InChI=1S/C22H20N2O2/c1-26-16-18-8-11-19(12-9-18)22(25)24-21-7-4-5-17(15-21)10-13-20-6-2-3-14-23-20/h2-15H,16H2,1H3,(H,24,25)/b13-10+. The summed E-state index contributed by atoms with van der Waals surface area (Å²) in [6.07, 6.45) is 5.67. The Morgan fingerprint density at radius 3 is 2.62 bits per heavy atom. The van der Waals surface area contributed by atoms with Crippen molar-refractivity contribution in [1.82, 2.24) is 4.98 Å². The highest BCUT2D eigenvalue weighted by Crippen LogP contribution is 2.15. The van der Waals surface area contributed by atoms with Gasteiger partial charge in [-0.25, -0.2) is 0 Å². The van der Waals surface area contributed by atoms with Gasteiger partial charge < -0.3 is 10.1 Å². The summed E-state index contributed by atoms with van der Waals surface area (Å²) in [5.74, 6) is -0.139. The Kier molecular flexibility index (Phi) is 5.91. The van der Waals surface area contributed by atoms with Crippen molar-refractivity contribution in [3.05, 3.63) is 95.3 Å². The minimum atomic E-state index is -0.139. The van der Waals surface area contributed by atoms with Crippen LogP contribution in [-0.4, -0.2) is 18.0 Å². The fourth-order valence-electron chi connectivity index (χ4n) is 2.50. The molecule has 26 heavy (non-hydrogen) atoms. The highest BCUT2D eigenvalue weighted by Gasteiger charge is 2.06. The summed E-state index contributed by atoms with van der Waals surface area (Å²) in [5, 5.41) is 2.93. The first-order valence-corrected chi connectivity index (χ1v) is 8.33. The molecule has 0 aliphatic heterocycles. The Hall–Kier alpha value is -3.24. The number of ether oxygens (including phenoxy) is 1. The smallest absolute Gasteiger partial charge is 0.255 e. The van der Waals surface area contributed by atoms with Gasteiger partial charge in [0.05, 0.1) is 12.3 Å². The maximum atomic E-state index is 12.4. The quantitative estimate of drug-likeness (QED) is 0.708. The van der Waals surface area contributed by atoms with Gasteiger partial charge in [-0.1, -0.05) is 36.4 Å². The van der Waals surface area contributed by atoms with Crippen LogP contribution in [0.2, 0.25) is 0 Å². The molecule has 4 heteroatoms. The summed E-state index contributed by atoms with van der Waals surface area (Å²) < 4.78 is 5.08. The summed E-state index contributed by atoms with van der Waals surface area (Å²) in [6, 6.07) is 20.8. The van der Waals surface area contributed by atoms with E-state index < -0.39 is 0 Å². The lowest BCUT2D eigenvalue weighted by Crippen LogP contribution is -2.11. The lowest BCUT2D eigenvalue weighted by molar-refractivity contribution is 0.102. The number of nitrogens with one attached hydrogen (secondary N) is 1. The van der Waals surface area contributed by atoms with Gasteiger partial charge >= 0.3 is 0 Å². The molecule has 1 aromatic heterocycles. The molecule has 4 nitrogen and oxygen atoms in total. The molecule has 0 fully saturated rings. The normalized spacial score (nSPS) is 10.8. The number of amides is 1. The molecule has 0 atom stereocenters. The Morgan fingerprint density at radius 1 is 1.04 bits per heavy atom. The topological polar surface area (TPSA) is 51.2 Å². The van der Waals surface area contributed by atoms with Crippen molar-refractivity contribution >= 4 is 23.7 Å². The first kappa shape index (κ1) is 17.6. The van der Waals surface area contributed by atoms with Gasteiger partial charge in [0.1, 0.15) is 0 Å². The van der Waals surface area contributed by atoms with E-state index in [-0.39, 0.29) is 5.91 Å². The molecular formula is C22H20N2O2. The lowest BCUT2D eigenvalue weighted by atomic mass is 10.1. The van der Waals surface area contributed by atoms with Crippen LogP contribution < -0.4 is 5.32 Å². The van der Waals surface area contributed by atoms with Crippen LogP contribution in [-0.2, 0) is 11.3 Å². The lowest BCUT2D eigenvalue weighted by Gasteiger charge is -2.07. The molecule has 0 aliphatic rings. The van der Waals surface area contributed by atoms with Crippen molar-refractivity contribution < 1.29 is 9.53 Å². The predicted octanol–water partition coefficient (Wildman–Crippen LogP) is 4.65. The molecule has 0 saturated carbocycles. The van der Waals surface area contributed by atoms with Crippen LogP contribution in [0.5, 0.6) is 0 Å². The second-order valence-electron chi connectivity index (χ2n) is 5.80. The molecule has 0 spiro atoms. The van der Waals surface area contributed by atoms with E-state index in [1.165, 1.54) is 0 Å². The maximum Gasteiger partial charge on any atom is 0.255 e. The third-order valence-electron chi connectivity index (χ3n) is 3.81. The minimum absolute atomic E-state index is 0.139. The SMILES string of the molecule is COCc1ccc(C(=O)Nc2cccc(/C=C/c3ccccn3)c2)cc1. The fraction of sp³-hybridized carbons (Fsp3) is 0.0909. The number of hydrogen-bond donors (Lipinski definition) is 1.